The maximum absolute atomic E-state index is 6.46. The van der Waals surface area contributed by atoms with E-state index in [0.717, 1.165) is 51.3 Å². The van der Waals surface area contributed by atoms with Gasteiger partial charge in [-0.25, -0.2) is 9.67 Å². The van der Waals surface area contributed by atoms with Crippen molar-refractivity contribution in [1.29, 1.82) is 0 Å². The van der Waals surface area contributed by atoms with Crippen LogP contribution in [0.15, 0.2) is 66.9 Å². The fourth-order valence-corrected chi connectivity index (χ4v) is 4.78. The zero-order valence-electron chi connectivity index (χ0n) is 17.2. The first-order valence-electron chi connectivity index (χ1n) is 10.3. The lowest BCUT2D eigenvalue weighted by Gasteiger charge is -2.19. The second kappa shape index (κ2) is 8.74. The lowest BCUT2D eigenvalue weighted by atomic mass is 10.2. The number of ether oxygens (including phenoxy) is 2. The first-order valence-corrected chi connectivity index (χ1v) is 11.4. The van der Waals surface area contributed by atoms with Gasteiger partial charge in [0.1, 0.15) is 21.3 Å². The number of nitrogens with zero attached hydrogens (tertiary/aromatic N) is 4. The fraction of sp³-hybridized carbons (Fsp3) is 0.250. The third kappa shape index (κ3) is 4.19. The summed E-state index contributed by atoms with van der Waals surface area (Å²) in [4.78, 5) is 6.99. The van der Waals surface area contributed by atoms with Gasteiger partial charge in [0, 0.05) is 24.8 Å². The molecule has 5 rings (SSSR count). The summed E-state index contributed by atoms with van der Waals surface area (Å²) in [6, 6.07) is 20.5. The molecule has 7 heteroatoms. The minimum Gasteiger partial charge on any atom is -0.497 e. The molecule has 158 valence electrons. The number of rotatable bonds is 6. The van der Waals surface area contributed by atoms with Crippen LogP contribution in [0.4, 0.5) is 5.69 Å². The van der Waals surface area contributed by atoms with Gasteiger partial charge in [-0.05, 0) is 58.5 Å². The van der Waals surface area contributed by atoms with E-state index in [-0.39, 0.29) is 6.10 Å². The van der Waals surface area contributed by atoms with Gasteiger partial charge < -0.3 is 14.4 Å². The van der Waals surface area contributed by atoms with Crippen molar-refractivity contribution in [2.75, 3.05) is 25.1 Å². The van der Waals surface area contributed by atoms with E-state index in [1.54, 1.807) is 7.11 Å². The van der Waals surface area contributed by atoms with Crippen molar-refractivity contribution in [2.24, 2.45) is 0 Å². The summed E-state index contributed by atoms with van der Waals surface area (Å²) in [6.45, 7) is 2.52. The molecule has 2 aromatic heterocycles. The van der Waals surface area contributed by atoms with Crippen LogP contribution in [0.1, 0.15) is 12.0 Å². The van der Waals surface area contributed by atoms with E-state index in [2.05, 4.69) is 68.9 Å². The van der Waals surface area contributed by atoms with Gasteiger partial charge in [-0.15, -0.1) is 0 Å². The standard InChI is InChI=1S/C24H23IN4O2/c1-30-19-9-7-17(8-10-19)15-29-24-22(23(25)27-29)21(11-13-26-24)31-20-12-14-28(16-20)18-5-3-2-4-6-18/h2-11,13,20H,12,14-16H2,1H3. The molecule has 6 nitrogen and oxygen atoms in total. The molecule has 0 spiro atoms. The highest BCUT2D eigenvalue weighted by atomic mass is 127. The Morgan fingerprint density at radius 3 is 2.65 bits per heavy atom. The highest BCUT2D eigenvalue weighted by molar-refractivity contribution is 14.1. The molecule has 1 atom stereocenters. The summed E-state index contributed by atoms with van der Waals surface area (Å²) in [7, 11) is 1.67. The van der Waals surface area contributed by atoms with Crippen LogP contribution >= 0.6 is 22.6 Å². The van der Waals surface area contributed by atoms with Crippen molar-refractivity contribution in [1.82, 2.24) is 14.8 Å². The Morgan fingerprint density at radius 1 is 1.06 bits per heavy atom. The number of anilines is 1. The summed E-state index contributed by atoms with van der Waals surface area (Å²) >= 11 is 2.28. The number of para-hydroxylation sites is 1. The molecule has 0 amide bonds. The second-order valence-electron chi connectivity index (χ2n) is 7.61. The fourth-order valence-electron chi connectivity index (χ4n) is 4.02. The molecule has 0 radical (unpaired) electrons. The van der Waals surface area contributed by atoms with Crippen molar-refractivity contribution in [3.63, 3.8) is 0 Å². The molecule has 4 aromatic rings. The van der Waals surface area contributed by atoms with Gasteiger partial charge in [-0.2, -0.15) is 5.10 Å². The Bertz CT molecular complexity index is 1180. The minimum absolute atomic E-state index is 0.145. The highest BCUT2D eigenvalue weighted by Crippen LogP contribution is 2.31. The zero-order chi connectivity index (χ0) is 21.2. The van der Waals surface area contributed by atoms with Crippen LogP contribution < -0.4 is 14.4 Å². The average Bonchev–Trinajstić information content (AvgIpc) is 3.40. The predicted octanol–water partition coefficient (Wildman–Crippen LogP) is 4.75. The number of pyridine rings is 1. The smallest absolute Gasteiger partial charge is 0.162 e. The molecule has 1 aliphatic heterocycles. The normalized spacial score (nSPS) is 16.1. The van der Waals surface area contributed by atoms with Gasteiger partial charge in [0.05, 0.1) is 25.6 Å². The van der Waals surface area contributed by atoms with Crippen molar-refractivity contribution in [3.05, 3.63) is 76.1 Å². The van der Waals surface area contributed by atoms with E-state index in [1.807, 2.05) is 35.1 Å². The Balaban J connectivity index is 1.36. The molecular formula is C24H23IN4O2. The lowest BCUT2D eigenvalue weighted by Crippen LogP contribution is -2.24. The van der Waals surface area contributed by atoms with E-state index in [9.17, 15) is 0 Å². The number of hydrogen-bond donors (Lipinski definition) is 0. The van der Waals surface area contributed by atoms with Crippen molar-refractivity contribution >= 4 is 39.3 Å². The van der Waals surface area contributed by atoms with Gasteiger partial charge in [-0.3, -0.25) is 0 Å². The molecule has 1 aliphatic rings. The summed E-state index contributed by atoms with van der Waals surface area (Å²) in [5, 5.41) is 5.73. The second-order valence-corrected chi connectivity index (χ2v) is 8.64. The first kappa shape index (κ1) is 20.1. The Labute approximate surface area is 194 Å². The maximum atomic E-state index is 6.46. The first-order chi connectivity index (χ1) is 15.2. The molecule has 2 aromatic carbocycles. The van der Waals surface area contributed by atoms with Gasteiger partial charge in [0.2, 0.25) is 0 Å². The molecule has 0 aliphatic carbocycles. The third-order valence-corrected chi connectivity index (χ3v) is 6.36. The van der Waals surface area contributed by atoms with Crippen molar-refractivity contribution in [3.8, 4) is 11.5 Å². The maximum Gasteiger partial charge on any atom is 0.162 e. The highest BCUT2D eigenvalue weighted by Gasteiger charge is 2.26. The Morgan fingerprint density at radius 2 is 1.87 bits per heavy atom. The van der Waals surface area contributed by atoms with Crippen LogP contribution in [0.5, 0.6) is 11.5 Å². The number of benzene rings is 2. The summed E-state index contributed by atoms with van der Waals surface area (Å²) in [5.74, 6) is 1.70. The van der Waals surface area contributed by atoms with Crippen LogP contribution in [0.25, 0.3) is 11.0 Å². The Kier molecular flexibility index (Phi) is 5.67. The van der Waals surface area contributed by atoms with Crippen LogP contribution in [0.3, 0.4) is 0 Å². The molecule has 3 heterocycles. The minimum atomic E-state index is 0.145. The molecule has 0 N–H and O–H groups in total. The van der Waals surface area contributed by atoms with Gasteiger partial charge >= 0.3 is 0 Å². The predicted molar refractivity (Wildman–Crippen MR) is 130 cm³/mol. The van der Waals surface area contributed by atoms with E-state index < -0.39 is 0 Å². The number of aromatic nitrogens is 3. The van der Waals surface area contributed by atoms with E-state index in [1.165, 1.54) is 5.69 Å². The van der Waals surface area contributed by atoms with E-state index in [0.29, 0.717) is 6.54 Å². The SMILES string of the molecule is COc1ccc(Cn2nc(I)c3c(OC4CCN(c5ccccc5)C4)ccnc32)cc1. The van der Waals surface area contributed by atoms with Gasteiger partial charge in [-0.1, -0.05) is 30.3 Å². The van der Waals surface area contributed by atoms with Crippen LogP contribution in [0, 0.1) is 3.70 Å². The molecule has 31 heavy (non-hydrogen) atoms. The largest absolute Gasteiger partial charge is 0.497 e. The molecule has 1 saturated heterocycles. The monoisotopic (exact) mass is 526 g/mol. The lowest BCUT2D eigenvalue weighted by molar-refractivity contribution is 0.227. The van der Waals surface area contributed by atoms with Gasteiger partial charge in [0.15, 0.2) is 5.65 Å². The van der Waals surface area contributed by atoms with E-state index >= 15 is 0 Å². The summed E-state index contributed by atoms with van der Waals surface area (Å²) < 4.78 is 14.6. The molecule has 1 fully saturated rings. The van der Waals surface area contributed by atoms with E-state index in [4.69, 9.17) is 14.6 Å². The topological polar surface area (TPSA) is 52.4 Å². The van der Waals surface area contributed by atoms with Crippen LogP contribution in [0.2, 0.25) is 0 Å². The molecule has 1 unspecified atom stereocenters. The molecule has 0 bridgehead atoms. The van der Waals surface area contributed by atoms with Crippen molar-refractivity contribution < 1.29 is 9.47 Å². The molecular weight excluding hydrogens is 503 g/mol. The third-order valence-electron chi connectivity index (χ3n) is 5.60. The zero-order valence-corrected chi connectivity index (χ0v) is 19.4. The van der Waals surface area contributed by atoms with Gasteiger partial charge in [0.25, 0.3) is 0 Å². The number of methoxy groups -OCH3 is 1. The quantitative estimate of drug-likeness (QED) is 0.340. The molecule has 0 saturated carbocycles. The van der Waals surface area contributed by atoms with Crippen LogP contribution in [-0.4, -0.2) is 41.1 Å². The number of halogens is 1. The summed E-state index contributed by atoms with van der Waals surface area (Å²) in [5.41, 5.74) is 3.23. The number of fused-ring (bicyclic) bond motifs is 1. The Hall–Kier alpha value is -2.81. The van der Waals surface area contributed by atoms with Crippen LogP contribution in [-0.2, 0) is 6.54 Å². The number of hydrogen-bond acceptors (Lipinski definition) is 5. The average molecular weight is 526 g/mol. The summed E-state index contributed by atoms with van der Waals surface area (Å²) in [6.07, 6.45) is 2.95. The van der Waals surface area contributed by atoms with Crippen molar-refractivity contribution in [2.45, 2.75) is 19.1 Å².